The van der Waals surface area contributed by atoms with Crippen molar-refractivity contribution in [2.45, 2.75) is 33.1 Å². The van der Waals surface area contributed by atoms with Crippen LogP contribution in [0, 0.1) is 0 Å². The lowest BCUT2D eigenvalue weighted by Gasteiger charge is -2.17. The van der Waals surface area contributed by atoms with Crippen LogP contribution in [0.1, 0.15) is 32.3 Å². The van der Waals surface area contributed by atoms with Gasteiger partial charge in [-0.3, -0.25) is 0 Å². The lowest BCUT2D eigenvalue weighted by Crippen LogP contribution is -2.23. The summed E-state index contributed by atoms with van der Waals surface area (Å²) in [7, 11) is 0. The number of unbranched alkanes of at least 4 members (excludes halogenated alkanes) is 1. The smallest absolute Gasteiger partial charge is 0.00189 e. The van der Waals surface area contributed by atoms with Crippen molar-refractivity contribution in [3.05, 3.63) is 48.0 Å². The highest BCUT2D eigenvalue weighted by Crippen LogP contribution is 2.20. The molecule has 2 aromatic rings. The Morgan fingerprint density at radius 2 is 1.58 bits per heavy atom. The molecule has 0 saturated heterocycles. The second-order valence-electron chi connectivity index (χ2n) is 5.12. The molecule has 0 radical (unpaired) electrons. The predicted molar refractivity (Wildman–Crippen MR) is 84.7 cm³/mol. The third-order valence-electron chi connectivity index (χ3n) is 3.94. The molecule has 0 unspecified atom stereocenters. The maximum absolute atomic E-state index is 2.50. The van der Waals surface area contributed by atoms with Crippen LogP contribution in [-0.2, 0) is 6.42 Å². The Labute approximate surface area is 117 Å². The molecular formula is C18H25N. The first kappa shape index (κ1) is 14.1. The van der Waals surface area contributed by atoms with Crippen molar-refractivity contribution in [3.63, 3.8) is 0 Å². The predicted octanol–water partition coefficient (Wildman–Crippen LogP) is 4.50. The molecule has 0 heterocycles. The molecule has 102 valence electrons. The molecule has 0 aliphatic rings. The number of hydrogen-bond acceptors (Lipinski definition) is 1. The van der Waals surface area contributed by atoms with Gasteiger partial charge in [-0.05, 0) is 55.2 Å². The van der Waals surface area contributed by atoms with E-state index in [1.807, 2.05) is 0 Å². The fourth-order valence-corrected chi connectivity index (χ4v) is 2.70. The zero-order valence-electron chi connectivity index (χ0n) is 12.2. The zero-order chi connectivity index (χ0) is 13.5. The van der Waals surface area contributed by atoms with E-state index in [9.17, 15) is 0 Å². The molecule has 0 aliphatic carbocycles. The van der Waals surface area contributed by atoms with E-state index in [1.54, 1.807) is 0 Å². The summed E-state index contributed by atoms with van der Waals surface area (Å²) in [5.41, 5.74) is 1.50. The normalized spacial score (nSPS) is 11.3. The minimum absolute atomic E-state index is 1.17. The maximum Gasteiger partial charge on any atom is -0.00189 e. The Morgan fingerprint density at radius 1 is 0.842 bits per heavy atom. The number of rotatable bonds is 7. The van der Waals surface area contributed by atoms with Gasteiger partial charge in [0, 0.05) is 0 Å². The second kappa shape index (κ2) is 7.30. The summed E-state index contributed by atoms with van der Waals surface area (Å²) in [4.78, 5) is 2.50. The molecule has 0 aliphatic heterocycles. The first-order chi connectivity index (χ1) is 9.35. The average molecular weight is 255 g/mol. The second-order valence-corrected chi connectivity index (χ2v) is 5.12. The van der Waals surface area contributed by atoms with Crippen LogP contribution >= 0.6 is 0 Å². The van der Waals surface area contributed by atoms with Crippen LogP contribution in [0.5, 0.6) is 0 Å². The maximum atomic E-state index is 2.50. The van der Waals surface area contributed by atoms with Crippen molar-refractivity contribution >= 4 is 10.8 Å². The van der Waals surface area contributed by atoms with Gasteiger partial charge in [-0.1, -0.05) is 56.3 Å². The Kier molecular flexibility index (Phi) is 5.41. The highest BCUT2D eigenvalue weighted by atomic mass is 15.1. The number of fused-ring (bicyclic) bond motifs is 1. The van der Waals surface area contributed by atoms with Crippen molar-refractivity contribution < 1.29 is 0 Å². The third-order valence-corrected chi connectivity index (χ3v) is 3.94. The van der Waals surface area contributed by atoms with Gasteiger partial charge in [-0.15, -0.1) is 0 Å². The van der Waals surface area contributed by atoms with Crippen LogP contribution in [-0.4, -0.2) is 24.5 Å². The van der Waals surface area contributed by atoms with Crippen LogP contribution in [0.2, 0.25) is 0 Å². The highest BCUT2D eigenvalue weighted by molar-refractivity contribution is 5.85. The van der Waals surface area contributed by atoms with Gasteiger partial charge in [0.15, 0.2) is 0 Å². The lowest BCUT2D eigenvalue weighted by molar-refractivity contribution is 0.297. The minimum atomic E-state index is 1.17. The summed E-state index contributed by atoms with van der Waals surface area (Å²) in [6, 6.07) is 15.4. The molecule has 0 fully saturated rings. The van der Waals surface area contributed by atoms with Crippen LogP contribution in [0.15, 0.2) is 42.5 Å². The van der Waals surface area contributed by atoms with Crippen molar-refractivity contribution in [3.8, 4) is 0 Å². The van der Waals surface area contributed by atoms with Gasteiger partial charge in [0.05, 0.1) is 0 Å². The Bertz CT molecular complexity index is 495. The molecule has 2 aromatic carbocycles. The molecule has 0 saturated carbocycles. The largest absolute Gasteiger partial charge is 0.304 e. The fraction of sp³-hybridized carbons (Fsp3) is 0.444. The van der Waals surface area contributed by atoms with E-state index in [0.717, 1.165) is 0 Å². The molecule has 0 bridgehead atoms. The summed E-state index contributed by atoms with van der Waals surface area (Å²) in [5.74, 6) is 0. The Balaban J connectivity index is 1.91. The van der Waals surface area contributed by atoms with Gasteiger partial charge in [0.25, 0.3) is 0 Å². The Hall–Kier alpha value is -1.34. The van der Waals surface area contributed by atoms with Crippen molar-refractivity contribution in [2.75, 3.05) is 19.6 Å². The summed E-state index contributed by atoms with van der Waals surface area (Å²) in [5, 5.41) is 2.79. The molecular weight excluding hydrogens is 230 g/mol. The number of benzene rings is 2. The summed E-state index contributed by atoms with van der Waals surface area (Å²) in [6.45, 7) is 8.07. The fourth-order valence-electron chi connectivity index (χ4n) is 2.70. The van der Waals surface area contributed by atoms with E-state index in [4.69, 9.17) is 0 Å². The van der Waals surface area contributed by atoms with Crippen LogP contribution in [0.3, 0.4) is 0 Å². The summed E-state index contributed by atoms with van der Waals surface area (Å²) >= 11 is 0. The lowest BCUT2D eigenvalue weighted by atomic mass is 10.0. The molecule has 0 amide bonds. The van der Waals surface area contributed by atoms with E-state index in [1.165, 1.54) is 55.2 Å². The average Bonchev–Trinajstić information content (AvgIpc) is 2.47. The number of hydrogen-bond donors (Lipinski definition) is 0. The van der Waals surface area contributed by atoms with Crippen LogP contribution < -0.4 is 0 Å². The monoisotopic (exact) mass is 255 g/mol. The van der Waals surface area contributed by atoms with Gasteiger partial charge in [-0.25, -0.2) is 0 Å². The third kappa shape index (κ3) is 3.81. The standard InChI is InChI=1S/C18H25N/c1-3-19(4-2)15-8-7-11-17-13-9-12-16-10-5-6-14-18(16)17/h5-6,9-10,12-14H,3-4,7-8,11,15H2,1-2H3. The number of nitrogens with zero attached hydrogens (tertiary/aromatic N) is 1. The van der Waals surface area contributed by atoms with Gasteiger partial charge >= 0.3 is 0 Å². The molecule has 0 atom stereocenters. The van der Waals surface area contributed by atoms with Crippen LogP contribution in [0.4, 0.5) is 0 Å². The molecule has 1 heteroatoms. The van der Waals surface area contributed by atoms with E-state index in [-0.39, 0.29) is 0 Å². The molecule has 19 heavy (non-hydrogen) atoms. The number of aryl methyl sites for hydroxylation is 1. The van der Waals surface area contributed by atoms with Gasteiger partial charge in [0.2, 0.25) is 0 Å². The SMILES string of the molecule is CCN(CC)CCCCc1cccc2ccccc12. The van der Waals surface area contributed by atoms with E-state index in [2.05, 4.69) is 61.2 Å². The molecule has 0 N–H and O–H groups in total. The summed E-state index contributed by atoms with van der Waals surface area (Å²) < 4.78 is 0. The van der Waals surface area contributed by atoms with Crippen molar-refractivity contribution in [1.29, 1.82) is 0 Å². The molecule has 0 spiro atoms. The molecule has 2 rings (SSSR count). The van der Waals surface area contributed by atoms with E-state index < -0.39 is 0 Å². The molecule has 0 aromatic heterocycles. The minimum Gasteiger partial charge on any atom is -0.304 e. The van der Waals surface area contributed by atoms with Crippen molar-refractivity contribution in [1.82, 2.24) is 4.90 Å². The Morgan fingerprint density at radius 3 is 2.37 bits per heavy atom. The summed E-state index contributed by atoms with van der Waals surface area (Å²) in [6.07, 6.45) is 3.78. The topological polar surface area (TPSA) is 3.24 Å². The van der Waals surface area contributed by atoms with E-state index >= 15 is 0 Å². The van der Waals surface area contributed by atoms with E-state index in [0.29, 0.717) is 0 Å². The quantitative estimate of drug-likeness (QED) is 0.658. The van der Waals surface area contributed by atoms with Crippen molar-refractivity contribution in [2.24, 2.45) is 0 Å². The first-order valence-corrected chi connectivity index (χ1v) is 7.54. The van der Waals surface area contributed by atoms with Crippen LogP contribution in [0.25, 0.3) is 10.8 Å². The zero-order valence-corrected chi connectivity index (χ0v) is 12.2. The van der Waals surface area contributed by atoms with Gasteiger partial charge in [-0.2, -0.15) is 0 Å². The van der Waals surface area contributed by atoms with Gasteiger partial charge in [0.1, 0.15) is 0 Å². The first-order valence-electron chi connectivity index (χ1n) is 7.54. The van der Waals surface area contributed by atoms with Gasteiger partial charge < -0.3 is 4.90 Å². The molecule has 1 nitrogen and oxygen atoms in total. The highest BCUT2D eigenvalue weighted by Gasteiger charge is 2.02.